The Labute approximate surface area is 96.7 Å². The summed E-state index contributed by atoms with van der Waals surface area (Å²) in [7, 11) is 0. The highest BCUT2D eigenvalue weighted by Crippen LogP contribution is 2.33. The van der Waals surface area contributed by atoms with E-state index >= 15 is 0 Å². The number of nitrogens with zero attached hydrogens (tertiary/aromatic N) is 2. The van der Waals surface area contributed by atoms with Crippen LogP contribution in [0, 0.1) is 5.92 Å². The van der Waals surface area contributed by atoms with E-state index in [2.05, 4.69) is 21.4 Å². The largest absolute Gasteiger partial charge is 0.370 e. The lowest BCUT2D eigenvalue weighted by atomic mass is 10.0. The van der Waals surface area contributed by atoms with Gasteiger partial charge in [-0.25, -0.2) is 9.97 Å². The van der Waals surface area contributed by atoms with Gasteiger partial charge in [0.1, 0.15) is 12.1 Å². The first kappa shape index (κ1) is 10.1. The molecule has 2 saturated carbocycles. The quantitative estimate of drug-likeness (QED) is 0.842. The minimum absolute atomic E-state index is 0.685. The van der Waals surface area contributed by atoms with Crippen molar-refractivity contribution in [3.8, 4) is 0 Å². The highest BCUT2D eigenvalue weighted by atomic mass is 15.0. The van der Waals surface area contributed by atoms with Crippen LogP contribution in [0.3, 0.4) is 0 Å². The van der Waals surface area contributed by atoms with Gasteiger partial charge < -0.3 is 5.32 Å². The first-order valence-electron chi connectivity index (χ1n) is 6.47. The molecule has 3 rings (SSSR count). The lowest BCUT2D eigenvalue weighted by molar-refractivity contribution is 0.694. The van der Waals surface area contributed by atoms with Crippen molar-refractivity contribution in [3.05, 3.63) is 18.1 Å². The average Bonchev–Trinajstić information content (AvgIpc) is 2.99. The number of rotatable bonds is 4. The molecule has 0 spiro atoms. The van der Waals surface area contributed by atoms with Gasteiger partial charge in [-0.05, 0) is 31.6 Å². The Morgan fingerprint density at radius 1 is 1.12 bits per heavy atom. The van der Waals surface area contributed by atoms with Crippen LogP contribution in [0.1, 0.15) is 50.1 Å². The van der Waals surface area contributed by atoms with Gasteiger partial charge in [-0.1, -0.05) is 12.8 Å². The monoisotopic (exact) mass is 217 g/mol. The summed E-state index contributed by atoms with van der Waals surface area (Å²) in [6, 6.07) is 2.15. The molecule has 0 aliphatic heterocycles. The molecule has 1 N–H and O–H groups in total. The first-order chi connectivity index (χ1) is 7.92. The number of aromatic nitrogens is 2. The second-order valence-electron chi connectivity index (χ2n) is 5.13. The van der Waals surface area contributed by atoms with Crippen LogP contribution < -0.4 is 5.32 Å². The van der Waals surface area contributed by atoms with Crippen molar-refractivity contribution in [3.63, 3.8) is 0 Å². The Bertz CT molecular complexity index is 354. The summed E-state index contributed by atoms with van der Waals surface area (Å²) in [5, 5.41) is 3.42. The van der Waals surface area contributed by atoms with Crippen LogP contribution in [0.25, 0.3) is 0 Å². The molecular weight excluding hydrogens is 198 g/mol. The predicted molar refractivity (Wildman–Crippen MR) is 64.5 cm³/mol. The van der Waals surface area contributed by atoms with Crippen molar-refractivity contribution in [2.75, 3.05) is 11.9 Å². The molecule has 0 unspecified atom stereocenters. The standard InChI is InChI=1S/C13H19N3/c1-2-4-11(3-1)12-7-13(16-9-15-12)14-8-10-5-6-10/h7,9-11H,1-6,8H2,(H,14,15,16). The summed E-state index contributed by atoms with van der Waals surface area (Å²) >= 11 is 0. The first-order valence-corrected chi connectivity index (χ1v) is 6.47. The zero-order chi connectivity index (χ0) is 10.8. The van der Waals surface area contributed by atoms with Crippen molar-refractivity contribution >= 4 is 5.82 Å². The van der Waals surface area contributed by atoms with E-state index in [9.17, 15) is 0 Å². The zero-order valence-electron chi connectivity index (χ0n) is 9.65. The lowest BCUT2D eigenvalue weighted by Crippen LogP contribution is -2.06. The summed E-state index contributed by atoms with van der Waals surface area (Å²) in [4.78, 5) is 8.70. The van der Waals surface area contributed by atoms with Gasteiger partial charge in [-0.2, -0.15) is 0 Å². The van der Waals surface area contributed by atoms with Gasteiger partial charge in [0.25, 0.3) is 0 Å². The highest BCUT2D eigenvalue weighted by Gasteiger charge is 2.21. The second-order valence-corrected chi connectivity index (χ2v) is 5.13. The Morgan fingerprint density at radius 2 is 1.94 bits per heavy atom. The number of anilines is 1. The fourth-order valence-electron chi connectivity index (χ4n) is 2.48. The summed E-state index contributed by atoms with van der Waals surface area (Å²) in [6.07, 6.45) is 9.81. The molecule has 1 aromatic rings. The summed E-state index contributed by atoms with van der Waals surface area (Å²) in [5.74, 6) is 2.60. The third-order valence-corrected chi connectivity index (χ3v) is 3.73. The SMILES string of the molecule is c1nc(NCC2CC2)cc(C2CCCC2)n1. The lowest BCUT2D eigenvalue weighted by Gasteiger charge is -2.10. The molecule has 3 nitrogen and oxygen atoms in total. The van der Waals surface area contributed by atoms with Crippen LogP contribution in [0.4, 0.5) is 5.82 Å². The van der Waals surface area contributed by atoms with Gasteiger partial charge in [-0.15, -0.1) is 0 Å². The fourth-order valence-corrected chi connectivity index (χ4v) is 2.48. The van der Waals surface area contributed by atoms with Gasteiger partial charge in [0, 0.05) is 24.2 Å². The van der Waals surface area contributed by atoms with E-state index in [4.69, 9.17) is 0 Å². The molecule has 86 valence electrons. The molecule has 16 heavy (non-hydrogen) atoms. The van der Waals surface area contributed by atoms with Crippen LogP contribution in [0.2, 0.25) is 0 Å². The summed E-state index contributed by atoms with van der Waals surface area (Å²) in [5.41, 5.74) is 1.24. The van der Waals surface area contributed by atoms with E-state index in [1.165, 1.54) is 44.2 Å². The number of nitrogens with one attached hydrogen (secondary N) is 1. The number of hydrogen-bond donors (Lipinski definition) is 1. The fraction of sp³-hybridized carbons (Fsp3) is 0.692. The average molecular weight is 217 g/mol. The molecule has 1 heterocycles. The van der Waals surface area contributed by atoms with Crippen LogP contribution >= 0.6 is 0 Å². The van der Waals surface area contributed by atoms with Gasteiger partial charge >= 0.3 is 0 Å². The van der Waals surface area contributed by atoms with Crippen molar-refractivity contribution in [1.29, 1.82) is 0 Å². The smallest absolute Gasteiger partial charge is 0.129 e. The molecule has 0 bridgehead atoms. The minimum atomic E-state index is 0.685. The Balaban J connectivity index is 1.65. The molecule has 0 saturated heterocycles. The van der Waals surface area contributed by atoms with E-state index in [0.29, 0.717) is 5.92 Å². The van der Waals surface area contributed by atoms with Crippen LogP contribution in [-0.2, 0) is 0 Å². The van der Waals surface area contributed by atoms with Gasteiger partial charge in [0.2, 0.25) is 0 Å². The maximum Gasteiger partial charge on any atom is 0.129 e. The Kier molecular flexibility index (Phi) is 2.77. The molecule has 1 aromatic heterocycles. The van der Waals surface area contributed by atoms with Crippen LogP contribution in [0.15, 0.2) is 12.4 Å². The van der Waals surface area contributed by atoms with E-state index in [-0.39, 0.29) is 0 Å². The summed E-state index contributed by atoms with van der Waals surface area (Å²) in [6.45, 7) is 1.08. The van der Waals surface area contributed by atoms with Crippen molar-refractivity contribution in [2.24, 2.45) is 5.92 Å². The zero-order valence-corrected chi connectivity index (χ0v) is 9.65. The Hall–Kier alpha value is -1.12. The third-order valence-electron chi connectivity index (χ3n) is 3.73. The van der Waals surface area contributed by atoms with Gasteiger partial charge in [0.05, 0.1) is 0 Å². The van der Waals surface area contributed by atoms with Crippen LogP contribution in [0.5, 0.6) is 0 Å². The number of hydrogen-bond acceptors (Lipinski definition) is 3. The third kappa shape index (κ3) is 2.34. The molecule has 2 fully saturated rings. The molecule has 3 heteroatoms. The van der Waals surface area contributed by atoms with Crippen molar-refractivity contribution in [1.82, 2.24) is 9.97 Å². The Morgan fingerprint density at radius 3 is 2.69 bits per heavy atom. The van der Waals surface area contributed by atoms with Crippen molar-refractivity contribution < 1.29 is 0 Å². The minimum Gasteiger partial charge on any atom is -0.370 e. The predicted octanol–water partition coefficient (Wildman–Crippen LogP) is 2.96. The summed E-state index contributed by atoms with van der Waals surface area (Å²) < 4.78 is 0. The van der Waals surface area contributed by atoms with E-state index in [1.54, 1.807) is 6.33 Å². The second kappa shape index (κ2) is 4.40. The molecule has 0 aromatic carbocycles. The molecule has 0 atom stereocenters. The molecule has 2 aliphatic carbocycles. The van der Waals surface area contributed by atoms with Crippen molar-refractivity contribution in [2.45, 2.75) is 44.4 Å². The van der Waals surface area contributed by atoms with E-state index < -0.39 is 0 Å². The van der Waals surface area contributed by atoms with Gasteiger partial charge in [0.15, 0.2) is 0 Å². The highest BCUT2D eigenvalue weighted by molar-refractivity contribution is 5.36. The van der Waals surface area contributed by atoms with E-state index in [0.717, 1.165) is 18.3 Å². The topological polar surface area (TPSA) is 37.8 Å². The van der Waals surface area contributed by atoms with Crippen LogP contribution in [-0.4, -0.2) is 16.5 Å². The maximum atomic E-state index is 4.41. The molecule has 2 aliphatic rings. The van der Waals surface area contributed by atoms with E-state index in [1.807, 2.05) is 0 Å². The maximum absolute atomic E-state index is 4.41. The van der Waals surface area contributed by atoms with Gasteiger partial charge in [-0.3, -0.25) is 0 Å². The molecule has 0 amide bonds. The molecular formula is C13H19N3. The molecule has 0 radical (unpaired) electrons. The normalized spacial score (nSPS) is 21.2.